The van der Waals surface area contributed by atoms with Crippen molar-refractivity contribution < 1.29 is 9.47 Å². The molecule has 1 aliphatic rings. The fourth-order valence-corrected chi connectivity index (χ4v) is 2.41. The van der Waals surface area contributed by atoms with Gasteiger partial charge in [-0.3, -0.25) is 10.4 Å². The number of nitrogens with two attached hydrogens (primary N) is 1. The normalized spacial score (nSPS) is 25.1. The molecule has 1 fully saturated rings. The molecule has 2 unspecified atom stereocenters. The molecule has 20 heavy (non-hydrogen) atoms. The van der Waals surface area contributed by atoms with Crippen LogP contribution in [-0.4, -0.2) is 44.5 Å². The lowest BCUT2D eigenvalue weighted by molar-refractivity contribution is -0.109. The van der Waals surface area contributed by atoms with Crippen LogP contribution >= 0.6 is 0 Å². The molecule has 0 saturated heterocycles. The molecule has 0 bridgehead atoms. The molecule has 0 aliphatic heterocycles. The van der Waals surface area contributed by atoms with Gasteiger partial charge in [-0.05, 0) is 26.7 Å². The third-order valence-corrected chi connectivity index (χ3v) is 3.91. The van der Waals surface area contributed by atoms with Gasteiger partial charge in [0.15, 0.2) is 0 Å². The molecule has 1 aliphatic carbocycles. The smallest absolute Gasteiger partial charge is 0.205 e. The first-order chi connectivity index (χ1) is 9.56. The van der Waals surface area contributed by atoms with Crippen LogP contribution < -0.4 is 16.6 Å². The minimum Gasteiger partial charge on any atom is -0.382 e. The van der Waals surface area contributed by atoms with Crippen LogP contribution in [0.3, 0.4) is 0 Å². The summed E-state index contributed by atoms with van der Waals surface area (Å²) in [7, 11) is 0. The summed E-state index contributed by atoms with van der Waals surface area (Å²) in [6.07, 6.45) is 2.19. The monoisotopic (exact) mass is 286 g/mol. The first-order valence-electron chi connectivity index (χ1n) is 7.53. The molecule has 6 nitrogen and oxygen atoms in total. The van der Waals surface area contributed by atoms with Crippen molar-refractivity contribution in [2.75, 3.05) is 26.4 Å². The van der Waals surface area contributed by atoms with Crippen molar-refractivity contribution in [3.8, 4) is 0 Å². The van der Waals surface area contributed by atoms with Crippen LogP contribution in [0.5, 0.6) is 0 Å². The predicted octanol–water partition coefficient (Wildman–Crippen LogP) is 1.03. The van der Waals surface area contributed by atoms with E-state index in [1.165, 1.54) is 0 Å². The maximum Gasteiger partial charge on any atom is 0.205 e. The van der Waals surface area contributed by atoms with Crippen LogP contribution in [0.25, 0.3) is 0 Å². The van der Waals surface area contributed by atoms with Gasteiger partial charge in [-0.1, -0.05) is 13.8 Å². The first kappa shape index (κ1) is 17.2. The van der Waals surface area contributed by atoms with Crippen molar-refractivity contribution >= 4 is 5.96 Å². The second kappa shape index (κ2) is 8.44. The van der Waals surface area contributed by atoms with E-state index in [0.29, 0.717) is 24.7 Å². The fourth-order valence-electron chi connectivity index (χ4n) is 2.41. The highest BCUT2D eigenvalue weighted by atomic mass is 16.5. The summed E-state index contributed by atoms with van der Waals surface area (Å²) in [5.41, 5.74) is 2.73. The Bertz CT molecular complexity index is 308. The van der Waals surface area contributed by atoms with Crippen molar-refractivity contribution in [3.05, 3.63) is 0 Å². The highest BCUT2D eigenvalue weighted by molar-refractivity contribution is 5.79. The number of aliphatic imine (C=N–C) groups is 1. The molecular formula is C14H30N4O2. The van der Waals surface area contributed by atoms with Crippen LogP contribution in [0, 0.1) is 5.41 Å². The highest BCUT2D eigenvalue weighted by Gasteiger charge is 2.49. The van der Waals surface area contributed by atoms with Crippen LogP contribution in [-0.2, 0) is 9.47 Å². The second-order valence-corrected chi connectivity index (χ2v) is 5.62. The molecule has 0 amide bonds. The van der Waals surface area contributed by atoms with Gasteiger partial charge in [0.2, 0.25) is 5.96 Å². The molecule has 1 saturated carbocycles. The van der Waals surface area contributed by atoms with Crippen LogP contribution in [0.2, 0.25) is 0 Å². The number of nitrogens with one attached hydrogen (secondary N) is 2. The second-order valence-electron chi connectivity index (χ2n) is 5.62. The lowest BCUT2D eigenvalue weighted by atomic mass is 9.64. The lowest BCUT2D eigenvalue weighted by Gasteiger charge is -2.51. The van der Waals surface area contributed by atoms with Crippen LogP contribution in [0.15, 0.2) is 4.99 Å². The maximum absolute atomic E-state index is 5.72. The van der Waals surface area contributed by atoms with Gasteiger partial charge >= 0.3 is 0 Å². The fraction of sp³-hybridized carbons (Fsp3) is 0.929. The summed E-state index contributed by atoms with van der Waals surface area (Å²) >= 11 is 0. The average molecular weight is 286 g/mol. The number of guanidine groups is 1. The summed E-state index contributed by atoms with van der Waals surface area (Å²) < 4.78 is 11.0. The summed E-state index contributed by atoms with van der Waals surface area (Å²) in [4.78, 5) is 4.42. The Morgan fingerprint density at radius 3 is 2.65 bits per heavy atom. The van der Waals surface area contributed by atoms with E-state index in [4.69, 9.17) is 15.3 Å². The molecule has 0 spiro atoms. The third-order valence-electron chi connectivity index (χ3n) is 3.91. The molecule has 0 radical (unpaired) electrons. The SMILES string of the molecule is CCOCCCN=C(NN)NC1CC(OCC)C1(C)C. The Labute approximate surface area is 122 Å². The minimum absolute atomic E-state index is 0.0962. The molecular weight excluding hydrogens is 256 g/mol. The molecule has 0 aromatic heterocycles. The average Bonchev–Trinajstić information content (AvgIpc) is 2.43. The largest absolute Gasteiger partial charge is 0.382 e. The van der Waals surface area contributed by atoms with Gasteiger partial charge in [-0.15, -0.1) is 0 Å². The molecule has 118 valence electrons. The molecule has 0 aromatic rings. The predicted molar refractivity (Wildman–Crippen MR) is 81.5 cm³/mol. The maximum atomic E-state index is 5.72. The standard InChI is InChI=1S/C14H30N4O2/c1-5-19-9-7-8-16-13(18-15)17-11-10-12(20-6-2)14(11,3)4/h11-12H,5-10,15H2,1-4H3,(H2,16,17,18). The summed E-state index contributed by atoms with van der Waals surface area (Å²) in [6.45, 7) is 11.4. The van der Waals surface area contributed by atoms with Gasteiger partial charge < -0.3 is 14.8 Å². The number of rotatable bonds is 8. The Morgan fingerprint density at radius 1 is 1.35 bits per heavy atom. The van der Waals surface area contributed by atoms with E-state index in [1.807, 2.05) is 13.8 Å². The van der Waals surface area contributed by atoms with E-state index >= 15 is 0 Å². The number of hydrogen-bond donors (Lipinski definition) is 3. The minimum atomic E-state index is 0.0962. The quantitative estimate of drug-likeness (QED) is 0.204. The van der Waals surface area contributed by atoms with Gasteiger partial charge in [0.05, 0.1) is 6.10 Å². The summed E-state index contributed by atoms with van der Waals surface area (Å²) in [6, 6.07) is 0.334. The Morgan fingerprint density at radius 2 is 2.10 bits per heavy atom. The summed E-state index contributed by atoms with van der Waals surface area (Å²) in [5.74, 6) is 6.16. The van der Waals surface area contributed by atoms with E-state index in [-0.39, 0.29) is 5.41 Å². The van der Waals surface area contributed by atoms with Gasteiger partial charge in [0.1, 0.15) is 0 Å². The summed E-state index contributed by atoms with van der Waals surface area (Å²) in [5, 5.41) is 3.37. The zero-order chi connectivity index (χ0) is 15.0. The van der Waals surface area contributed by atoms with E-state index in [0.717, 1.165) is 32.7 Å². The molecule has 0 aromatic carbocycles. The lowest BCUT2D eigenvalue weighted by Crippen LogP contribution is -2.64. The van der Waals surface area contributed by atoms with Gasteiger partial charge in [-0.25, -0.2) is 5.84 Å². The van der Waals surface area contributed by atoms with Crippen molar-refractivity contribution in [1.29, 1.82) is 0 Å². The van der Waals surface area contributed by atoms with Crippen LogP contribution in [0.1, 0.15) is 40.5 Å². The van der Waals surface area contributed by atoms with Crippen molar-refractivity contribution in [3.63, 3.8) is 0 Å². The van der Waals surface area contributed by atoms with Gasteiger partial charge in [0, 0.05) is 37.8 Å². The molecule has 1 rings (SSSR count). The van der Waals surface area contributed by atoms with Crippen molar-refractivity contribution in [2.45, 2.75) is 52.7 Å². The molecule has 0 heterocycles. The number of nitrogens with zero attached hydrogens (tertiary/aromatic N) is 1. The molecule has 4 N–H and O–H groups in total. The zero-order valence-electron chi connectivity index (χ0n) is 13.2. The topological polar surface area (TPSA) is 80.9 Å². The number of ether oxygens (including phenoxy) is 2. The van der Waals surface area contributed by atoms with Crippen molar-refractivity contribution in [1.82, 2.24) is 10.7 Å². The Hall–Kier alpha value is -0.850. The van der Waals surface area contributed by atoms with Gasteiger partial charge in [0.25, 0.3) is 0 Å². The first-order valence-corrected chi connectivity index (χ1v) is 7.53. The molecule has 2 atom stereocenters. The van der Waals surface area contributed by atoms with E-state index in [2.05, 4.69) is 29.6 Å². The zero-order valence-corrected chi connectivity index (χ0v) is 13.2. The molecule has 6 heteroatoms. The highest BCUT2D eigenvalue weighted by Crippen LogP contribution is 2.42. The Kier molecular flexibility index (Phi) is 7.26. The number of hydrogen-bond acceptors (Lipinski definition) is 4. The van der Waals surface area contributed by atoms with Crippen LogP contribution in [0.4, 0.5) is 0 Å². The van der Waals surface area contributed by atoms with E-state index < -0.39 is 0 Å². The van der Waals surface area contributed by atoms with Crippen molar-refractivity contribution in [2.24, 2.45) is 16.3 Å². The van der Waals surface area contributed by atoms with Gasteiger partial charge in [-0.2, -0.15) is 0 Å². The Balaban J connectivity index is 2.36. The van der Waals surface area contributed by atoms with E-state index in [1.54, 1.807) is 0 Å². The number of hydrazine groups is 1. The van der Waals surface area contributed by atoms with E-state index in [9.17, 15) is 0 Å². The third kappa shape index (κ3) is 4.61.